The van der Waals surface area contributed by atoms with Gasteiger partial charge in [-0.3, -0.25) is 4.79 Å². The highest BCUT2D eigenvalue weighted by molar-refractivity contribution is 5.80. The summed E-state index contributed by atoms with van der Waals surface area (Å²) in [4.78, 5) is 14.8. The number of amides is 1. The number of hydrogen-bond acceptors (Lipinski definition) is 8. The third-order valence-electron chi connectivity index (χ3n) is 9.14. The van der Waals surface area contributed by atoms with E-state index in [0.717, 1.165) is 44.9 Å². The lowest BCUT2D eigenvalue weighted by Gasteiger charge is -2.41. The second kappa shape index (κ2) is 26.3. The second-order valence-electron chi connectivity index (χ2n) is 13.2. The molecule has 262 valence electrons. The van der Waals surface area contributed by atoms with Gasteiger partial charge in [-0.1, -0.05) is 136 Å². The second-order valence-corrected chi connectivity index (χ2v) is 13.2. The molecule has 0 bridgehead atoms. The van der Waals surface area contributed by atoms with Gasteiger partial charge in [-0.15, -0.1) is 0 Å². The number of unbranched alkanes of at least 4 members (excludes halogenated alkanes) is 18. The van der Waals surface area contributed by atoms with E-state index in [2.05, 4.69) is 13.8 Å². The van der Waals surface area contributed by atoms with Gasteiger partial charge in [0.2, 0.25) is 0 Å². The van der Waals surface area contributed by atoms with Crippen LogP contribution in [0.3, 0.4) is 0 Å². The molecule has 1 amide bonds. The van der Waals surface area contributed by atoms with Crippen LogP contribution in [0.1, 0.15) is 155 Å². The molecule has 1 aliphatic rings. The van der Waals surface area contributed by atoms with Crippen molar-refractivity contribution in [1.82, 2.24) is 4.90 Å². The molecular weight excluding hydrogens is 562 g/mol. The number of carbonyl (C=O) groups excluding carboxylic acids is 1. The van der Waals surface area contributed by atoms with Gasteiger partial charge in [0.1, 0.15) is 30.5 Å². The summed E-state index contributed by atoms with van der Waals surface area (Å²) in [7, 11) is 0. The zero-order valence-electron chi connectivity index (χ0n) is 28.2. The third kappa shape index (κ3) is 17.8. The molecule has 9 nitrogen and oxygen atoms in total. The Hall–Kier alpha value is -0.810. The van der Waals surface area contributed by atoms with Gasteiger partial charge in [0.15, 0.2) is 0 Å². The lowest BCUT2D eigenvalue weighted by atomic mass is 9.92. The van der Waals surface area contributed by atoms with Crippen LogP contribution < -0.4 is 0 Å². The Kier molecular flexibility index (Phi) is 24.6. The number of rotatable bonds is 28. The topological polar surface area (TPSA) is 151 Å². The smallest absolute Gasteiger partial charge is 0.251 e. The number of hydrogen-bond donors (Lipinski definition) is 6. The van der Waals surface area contributed by atoms with Gasteiger partial charge in [0.25, 0.3) is 5.91 Å². The Labute approximate surface area is 268 Å². The largest absolute Gasteiger partial charge is 0.394 e. The highest BCUT2D eigenvalue weighted by Crippen LogP contribution is 2.25. The molecule has 6 N–H and O–H groups in total. The first-order valence-corrected chi connectivity index (χ1v) is 18.2. The number of aliphatic hydroxyl groups excluding tert-OH is 6. The van der Waals surface area contributed by atoms with Crippen molar-refractivity contribution < 1.29 is 40.2 Å². The summed E-state index contributed by atoms with van der Waals surface area (Å²) in [5.41, 5.74) is 0. The summed E-state index contributed by atoms with van der Waals surface area (Å²) in [6, 6.07) is 0. The number of ether oxygens (including phenoxy) is 1. The first-order chi connectivity index (χ1) is 21.3. The number of aliphatic hydroxyl groups is 6. The maximum Gasteiger partial charge on any atom is 0.251 e. The van der Waals surface area contributed by atoms with Crippen molar-refractivity contribution in [2.75, 3.05) is 19.7 Å². The van der Waals surface area contributed by atoms with Crippen LogP contribution in [-0.4, -0.2) is 104 Å². The van der Waals surface area contributed by atoms with Crippen molar-refractivity contribution in [3.8, 4) is 0 Å². The molecular formula is C35H69NO8. The van der Waals surface area contributed by atoms with Crippen LogP contribution in [0.2, 0.25) is 0 Å². The monoisotopic (exact) mass is 632 g/mol. The third-order valence-corrected chi connectivity index (χ3v) is 9.14. The van der Waals surface area contributed by atoms with E-state index in [9.17, 15) is 35.4 Å². The normalized spacial score (nSPS) is 23.5. The Morgan fingerprint density at radius 2 is 1.07 bits per heavy atom. The molecule has 1 fully saturated rings. The SMILES string of the molecule is CCCCCCCCCCCCCCC(O)C(=O)N(CCCCCCCCCC)CC(O)CC1O[C@H](CO)[C@@H](O)[C@H](O)[C@H]1O. The first-order valence-electron chi connectivity index (χ1n) is 18.2. The molecule has 0 saturated carbocycles. The van der Waals surface area contributed by atoms with Crippen LogP contribution >= 0.6 is 0 Å². The van der Waals surface area contributed by atoms with Crippen molar-refractivity contribution >= 4 is 5.91 Å². The minimum atomic E-state index is -1.51. The minimum absolute atomic E-state index is 0.0279. The molecule has 0 aromatic carbocycles. The molecule has 1 aliphatic heterocycles. The molecule has 3 unspecified atom stereocenters. The van der Waals surface area contributed by atoms with E-state index in [-0.39, 0.29) is 18.9 Å². The quantitative estimate of drug-likeness (QED) is 0.0661. The maximum atomic E-state index is 13.3. The van der Waals surface area contributed by atoms with E-state index >= 15 is 0 Å². The van der Waals surface area contributed by atoms with Crippen molar-refractivity contribution in [3.05, 3.63) is 0 Å². The summed E-state index contributed by atoms with van der Waals surface area (Å²) < 4.78 is 5.55. The zero-order valence-corrected chi connectivity index (χ0v) is 28.2. The van der Waals surface area contributed by atoms with Crippen molar-refractivity contribution in [3.63, 3.8) is 0 Å². The first kappa shape index (κ1) is 41.2. The Bertz CT molecular complexity index is 681. The zero-order chi connectivity index (χ0) is 32.6. The predicted octanol–water partition coefficient (Wildman–Crippen LogP) is 5.00. The molecule has 44 heavy (non-hydrogen) atoms. The standard InChI is InChI=1S/C35H69NO8/c1-3-5-7-9-11-13-14-15-16-17-19-21-23-29(39)35(43)36(24-22-20-18-12-10-8-6-4-2)26-28(38)25-30-32(40)34(42)33(41)31(27-37)44-30/h28-34,37-42H,3-27H2,1-2H3/t28?,29?,30?,31-,32+,33-,34-/m1/s1. The van der Waals surface area contributed by atoms with Gasteiger partial charge in [-0.05, 0) is 12.8 Å². The van der Waals surface area contributed by atoms with E-state index in [0.29, 0.717) is 13.0 Å². The van der Waals surface area contributed by atoms with Crippen molar-refractivity contribution in [2.45, 2.75) is 198 Å². The van der Waals surface area contributed by atoms with E-state index in [1.807, 2.05) is 0 Å². The lowest BCUT2D eigenvalue weighted by molar-refractivity contribution is -0.234. The van der Waals surface area contributed by atoms with Crippen LogP contribution in [0.4, 0.5) is 0 Å². The van der Waals surface area contributed by atoms with Gasteiger partial charge in [-0.25, -0.2) is 0 Å². The fraction of sp³-hybridized carbons (Fsp3) is 0.971. The van der Waals surface area contributed by atoms with Gasteiger partial charge in [-0.2, -0.15) is 0 Å². The Morgan fingerprint density at radius 1 is 0.636 bits per heavy atom. The van der Waals surface area contributed by atoms with E-state index in [1.165, 1.54) is 88.4 Å². The van der Waals surface area contributed by atoms with Crippen LogP contribution in [0.25, 0.3) is 0 Å². The average molecular weight is 632 g/mol. The fourth-order valence-electron chi connectivity index (χ4n) is 6.21. The Balaban J connectivity index is 2.51. The molecule has 0 aliphatic carbocycles. The molecule has 1 heterocycles. The summed E-state index contributed by atoms with van der Waals surface area (Å²) in [5.74, 6) is -0.385. The molecule has 9 heteroatoms. The molecule has 1 rings (SSSR count). The van der Waals surface area contributed by atoms with Crippen LogP contribution in [-0.2, 0) is 9.53 Å². The van der Waals surface area contributed by atoms with E-state index in [4.69, 9.17) is 4.74 Å². The van der Waals surface area contributed by atoms with Crippen molar-refractivity contribution in [2.24, 2.45) is 0 Å². The van der Waals surface area contributed by atoms with Crippen molar-refractivity contribution in [1.29, 1.82) is 0 Å². The summed E-state index contributed by atoms with van der Waals surface area (Å²) in [6.07, 6.45) is 15.1. The molecule has 0 aromatic rings. The Morgan fingerprint density at radius 3 is 1.55 bits per heavy atom. The molecule has 0 spiro atoms. The van der Waals surface area contributed by atoms with Gasteiger partial charge in [0, 0.05) is 19.5 Å². The van der Waals surface area contributed by atoms with E-state index < -0.39 is 49.3 Å². The van der Waals surface area contributed by atoms with Gasteiger partial charge < -0.3 is 40.3 Å². The summed E-state index contributed by atoms with van der Waals surface area (Å²) >= 11 is 0. The van der Waals surface area contributed by atoms with Gasteiger partial charge >= 0.3 is 0 Å². The minimum Gasteiger partial charge on any atom is -0.394 e. The number of nitrogens with zero attached hydrogens (tertiary/aromatic N) is 1. The van der Waals surface area contributed by atoms with Crippen LogP contribution in [0.15, 0.2) is 0 Å². The molecule has 0 aromatic heterocycles. The van der Waals surface area contributed by atoms with Crippen LogP contribution in [0, 0.1) is 0 Å². The van der Waals surface area contributed by atoms with Gasteiger partial charge in [0.05, 0.1) is 18.8 Å². The lowest BCUT2D eigenvalue weighted by Crippen LogP contribution is -2.59. The summed E-state index contributed by atoms with van der Waals surface area (Å²) in [5, 5.41) is 61.6. The molecule has 0 radical (unpaired) electrons. The predicted molar refractivity (Wildman–Crippen MR) is 175 cm³/mol. The number of carbonyl (C=O) groups is 1. The average Bonchev–Trinajstić information content (AvgIpc) is 3.02. The molecule has 7 atom stereocenters. The highest BCUT2D eigenvalue weighted by Gasteiger charge is 2.44. The fourth-order valence-corrected chi connectivity index (χ4v) is 6.21. The van der Waals surface area contributed by atoms with E-state index in [1.54, 1.807) is 0 Å². The molecule has 1 saturated heterocycles. The maximum absolute atomic E-state index is 13.3. The summed E-state index contributed by atoms with van der Waals surface area (Å²) in [6.45, 7) is 4.30. The van der Waals surface area contributed by atoms with Crippen LogP contribution in [0.5, 0.6) is 0 Å². The highest BCUT2D eigenvalue weighted by atomic mass is 16.5.